The van der Waals surface area contributed by atoms with E-state index in [0.29, 0.717) is 25.2 Å². The van der Waals surface area contributed by atoms with Gasteiger partial charge in [-0.25, -0.2) is 5.48 Å². The molecule has 1 aliphatic heterocycles. The number of rotatable bonds is 4. The summed E-state index contributed by atoms with van der Waals surface area (Å²) < 4.78 is 0. The van der Waals surface area contributed by atoms with E-state index in [1.165, 1.54) is 6.42 Å². The Morgan fingerprint density at radius 2 is 1.60 bits per heavy atom. The zero-order valence-electron chi connectivity index (χ0n) is 15.8. The van der Waals surface area contributed by atoms with Gasteiger partial charge in [0.05, 0.1) is 5.41 Å². The highest BCUT2D eigenvalue weighted by Gasteiger charge is 2.32. The van der Waals surface area contributed by atoms with E-state index in [-0.39, 0.29) is 5.91 Å². The maximum absolute atomic E-state index is 12.4. The van der Waals surface area contributed by atoms with E-state index < -0.39 is 11.3 Å². The van der Waals surface area contributed by atoms with E-state index in [0.717, 1.165) is 13.1 Å². The number of hydrogen-bond acceptors (Lipinski definition) is 4. The first-order valence-corrected chi connectivity index (χ1v) is 8.87. The van der Waals surface area contributed by atoms with Gasteiger partial charge in [0.15, 0.2) is 0 Å². The van der Waals surface area contributed by atoms with Gasteiger partial charge in [0.2, 0.25) is 5.91 Å². The van der Waals surface area contributed by atoms with Crippen molar-refractivity contribution < 1.29 is 14.8 Å². The van der Waals surface area contributed by atoms with Crippen molar-refractivity contribution in [1.82, 2.24) is 15.3 Å². The van der Waals surface area contributed by atoms with Crippen molar-refractivity contribution in [2.75, 3.05) is 32.7 Å². The number of nitrogens with one attached hydrogen (secondary N) is 1. The van der Waals surface area contributed by atoms with Crippen molar-refractivity contribution in [1.29, 1.82) is 0 Å². The minimum Gasteiger partial charge on any atom is -0.336 e. The van der Waals surface area contributed by atoms with Gasteiger partial charge in [-0.15, -0.1) is 0 Å². The normalized spacial score (nSPS) is 15.2. The molecule has 1 aromatic carbocycles. The third-order valence-electron chi connectivity index (χ3n) is 4.02. The number of nitrogens with zero attached hydrogens (tertiary/aromatic N) is 2. The Kier molecular flexibility index (Phi) is 8.58. The van der Waals surface area contributed by atoms with Crippen LogP contribution in [0.15, 0.2) is 30.3 Å². The summed E-state index contributed by atoms with van der Waals surface area (Å²) in [4.78, 5) is 28.0. The lowest BCUT2D eigenvalue weighted by atomic mass is 9.91. The molecule has 0 aromatic heterocycles. The smallest absolute Gasteiger partial charge is 0.253 e. The maximum Gasteiger partial charge on any atom is 0.253 e. The fraction of sp³-hybridized carbons (Fsp3) is 0.579. The van der Waals surface area contributed by atoms with Gasteiger partial charge in [0, 0.05) is 38.3 Å². The molecule has 0 unspecified atom stereocenters. The highest BCUT2D eigenvalue weighted by atomic mass is 16.5. The molecule has 1 heterocycles. The molecule has 0 aliphatic carbocycles. The van der Waals surface area contributed by atoms with Crippen LogP contribution in [0.4, 0.5) is 0 Å². The molecule has 1 saturated heterocycles. The SMILES string of the molecule is CC(C)(CN1CCN(C(=O)c2ccccc2)CC1)C(=O)NO.CCC. The van der Waals surface area contributed by atoms with E-state index in [9.17, 15) is 9.59 Å². The van der Waals surface area contributed by atoms with Crippen LogP contribution in [-0.2, 0) is 4.79 Å². The lowest BCUT2D eigenvalue weighted by Crippen LogP contribution is -2.52. The molecule has 2 amide bonds. The van der Waals surface area contributed by atoms with Crippen LogP contribution in [0, 0.1) is 5.41 Å². The predicted octanol–water partition coefficient (Wildman–Crippen LogP) is 2.39. The zero-order valence-corrected chi connectivity index (χ0v) is 15.8. The van der Waals surface area contributed by atoms with Gasteiger partial charge in [-0.05, 0) is 26.0 Å². The molecule has 6 heteroatoms. The molecule has 0 spiro atoms. The van der Waals surface area contributed by atoms with Gasteiger partial charge in [0.1, 0.15) is 0 Å². The molecule has 0 bridgehead atoms. The molecule has 0 radical (unpaired) electrons. The molecule has 0 saturated carbocycles. The second-order valence-electron chi connectivity index (χ2n) is 6.97. The van der Waals surface area contributed by atoms with Gasteiger partial charge in [0.25, 0.3) is 5.91 Å². The molecular weight excluding hydrogens is 318 g/mol. The van der Waals surface area contributed by atoms with Crippen LogP contribution in [0.3, 0.4) is 0 Å². The Morgan fingerprint density at radius 1 is 1.08 bits per heavy atom. The van der Waals surface area contributed by atoms with Crippen LogP contribution in [0.2, 0.25) is 0 Å². The van der Waals surface area contributed by atoms with E-state index in [1.54, 1.807) is 19.3 Å². The molecule has 2 N–H and O–H groups in total. The van der Waals surface area contributed by atoms with Crippen molar-refractivity contribution in [2.45, 2.75) is 34.1 Å². The Labute approximate surface area is 150 Å². The Hall–Kier alpha value is -1.92. The van der Waals surface area contributed by atoms with Gasteiger partial charge >= 0.3 is 0 Å². The third kappa shape index (κ3) is 6.48. The summed E-state index contributed by atoms with van der Waals surface area (Å²) >= 11 is 0. The van der Waals surface area contributed by atoms with Crippen LogP contribution in [-0.4, -0.2) is 59.5 Å². The van der Waals surface area contributed by atoms with Crippen LogP contribution < -0.4 is 5.48 Å². The number of hydroxylamine groups is 1. The average molecular weight is 349 g/mol. The summed E-state index contributed by atoms with van der Waals surface area (Å²) in [5.41, 5.74) is 1.75. The predicted molar refractivity (Wildman–Crippen MR) is 98.5 cm³/mol. The number of piperazine rings is 1. The Morgan fingerprint density at radius 3 is 2.08 bits per heavy atom. The summed E-state index contributed by atoms with van der Waals surface area (Å²) in [7, 11) is 0. The summed E-state index contributed by atoms with van der Waals surface area (Å²) in [5.74, 6) is -0.345. The molecule has 1 fully saturated rings. The van der Waals surface area contributed by atoms with E-state index in [2.05, 4.69) is 18.7 Å². The minimum absolute atomic E-state index is 0.0487. The number of hydrogen-bond donors (Lipinski definition) is 2. The van der Waals surface area contributed by atoms with E-state index >= 15 is 0 Å². The molecule has 0 atom stereocenters. The summed E-state index contributed by atoms with van der Waals surface area (Å²) in [6, 6.07) is 9.26. The fourth-order valence-electron chi connectivity index (χ4n) is 2.65. The van der Waals surface area contributed by atoms with Crippen molar-refractivity contribution >= 4 is 11.8 Å². The van der Waals surface area contributed by atoms with E-state index in [4.69, 9.17) is 5.21 Å². The Balaban J connectivity index is 0.000000970. The van der Waals surface area contributed by atoms with Gasteiger partial charge in [-0.3, -0.25) is 19.7 Å². The van der Waals surface area contributed by atoms with Crippen LogP contribution in [0.5, 0.6) is 0 Å². The maximum atomic E-state index is 12.4. The van der Waals surface area contributed by atoms with E-state index in [1.807, 2.05) is 35.2 Å². The van der Waals surface area contributed by atoms with Crippen LogP contribution in [0.1, 0.15) is 44.5 Å². The van der Waals surface area contributed by atoms with Crippen molar-refractivity contribution in [3.63, 3.8) is 0 Å². The minimum atomic E-state index is -0.666. The van der Waals surface area contributed by atoms with Crippen LogP contribution >= 0.6 is 0 Å². The lowest BCUT2D eigenvalue weighted by Gasteiger charge is -2.38. The lowest BCUT2D eigenvalue weighted by molar-refractivity contribution is -0.139. The second kappa shape index (κ2) is 10.2. The van der Waals surface area contributed by atoms with Crippen LogP contribution in [0.25, 0.3) is 0 Å². The Bertz CT molecular complexity index is 538. The number of carbonyl (C=O) groups excluding carboxylic acids is 2. The first-order valence-electron chi connectivity index (χ1n) is 8.87. The standard InChI is InChI=1S/C16H23N3O3.C3H8/c1-16(2,15(21)17-22)12-18-8-10-19(11-9-18)14(20)13-6-4-3-5-7-13;1-3-2/h3-7,22H,8-12H2,1-2H3,(H,17,21);3H2,1-2H3. The van der Waals surface area contributed by atoms with Crippen molar-refractivity contribution in [3.05, 3.63) is 35.9 Å². The number of amides is 2. The molecule has 1 aliphatic rings. The zero-order chi connectivity index (χ0) is 18.9. The molecule has 2 rings (SSSR count). The highest BCUT2D eigenvalue weighted by molar-refractivity contribution is 5.94. The largest absolute Gasteiger partial charge is 0.336 e. The highest BCUT2D eigenvalue weighted by Crippen LogP contribution is 2.18. The number of benzene rings is 1. The van der Waals surface area contributed by atoms with Gasteiger partial charge < -0.3 is 4.90 Å². The summed E-state index contributed by atoms with van der Waals surface area (Å²) in [6.07, 6.45) is 1.25. The number of carbonyl (C=O) groups is 2. The van der Waals surface area contributed by atoms with Crippen molar-refractivity contribution in [3.8, 4) is 0 Å². The molecule has 25 heavy (non-hydrogen) atoms. The monoisotopic (exact) mass is 349 g/mol. The van der Waals surface area contributed by atoms with Gasteiger partial charge in [-0.2, -0.15) is 0 Å². The first-order chi connectivity index (χ1) is 11.9. The topological polar surface area (TPSA) is 72.9 Å². The third-order valence-corrected chi connectivity index (χ3v) is 4.02. The molecule has 140 valence electrons. The molecule has 1 aromatic rings. The average Bonchev–Trinajstić information content (AvgIpc) is 2.62. The van der Waals surface area contributed by atoms with Crippen molar-refractivity contribution in [2.24, 2.45) is 5.41 Å². The first kappa shape index (κ1) is 21.1. The van der Waals surface area contributed by atoms with Gasteiger partial charge in [-0.1, -0.05) is 38.5 Å². The summed E-state index contributed by atoms with van der Waals surface area (Å²) in [6.45, 7) is 11.1. The second-order valence-corrected chi connectivity index (χ2v) is 6.97. The summed E-state index contributed by atoms with van der Waals surface area (Å²) in [5, 5.41) is 8.77. The quantitative estimate of drug-likeness (QED) is 0.647. The molecular formula is C19H31N3O3. The molecule has 6 nitrogen and oxygen atoms in total. The fourth-order valence-corrected chi connectivity index (χ4v) is 2.65.